The SMILES string of the molecule is C=C(/C=C/CC)C(CC(C)C)C(=O)NC(Cc1cccc2c1CCCC2)C(CC(C)(C)C)=PC. The third-order valence-electron chi connectivity index (χ3n) is 6.67. The average molecular weight is 482 g/mol. The highest BCUT2D eigenvalue weighted by Crippen LogP contribution is 2.29. The molecule has 1 N–H and O–H groups in total. The summed E-state index contributed by atoms with van der Waals surface area (Å²) in [5.41, 5.74) is 5.57. The van der Waals surface area contributed by atoms with Gasteiger partial charge >= 0.3 is 0 Å². The van der Waals surface area contributed by atoms with Crippen LogP contribution in [0.5, 0.6) is 0 Å². The largest absolute Gasteiger partial charge is 0.348 e. The first kappa shape index (κ1) is 28.6. The quantitative estimate of drug-likeness (QED) is 0.252. The molecule has 0 spiro atoms. The maximum absolute atomic E-state index is 13.7. The summed E-state index contributed by atoms with van der Waals surface area (Å²) in [5.74, 6) is 0.383. The molecule has 2 nitrogen and oxygen atoms in total. The number of hydrogen-bond acceptors (Lipinski definition) is 1. The van der Waals surface area contributed by atoms with Crippen LogP contribution in [-0.2, 0) is 24.1 Å². The molecule has 0 saturated heterocycles. The summed E-state index contributed by atoms with van der Waals surface area (Å²) in [7, 11) is 1.26. The zero-order valence-electron chi connectivity index (χ0n) is 22.8. The van der Waals surface area contributed by atoms with Gasteiger partial charge in [0, 0.05) is 0 Å². The van der Waals surface area contributed by atoms with Crippen LogP contribution >= 0.6 is 8.20 Å². The van der Waals surface area contributed by atoms with Crippen LogP contribution in [0.3, 0.4) is 0 Å². The minimum absolute atomic E-state index is 0.0458. The second-order valence-electron chi connectivity index (χ2n) is 11.5. The van der Waals surface area contributed by atoms with E-state index in [0.717, 1.165) is 31.3 Å². The fourth-order valence-electron chi connectivity index (χ4n) is 4.98. The van der Waals surface area contributed by atoms with Gasteiger partial charge in [-0.05, 0) is 96.9 Å². The third-order valence-corrected chi connectivity index (χ3v) is 7.72. The fourth-order valence-corrected chi connectivity index (χ4v) is 6.08. The molecule has 34 heavy (non-hydrogen) atoms. The first-order valence-electron chi connectivity index (χ1n) is 13.3. The molecule has 0 aliphatic heterocycles. The van der Waals surface area contributed by atoms with Crippen molar-refractivity contribution in [1.29, 1.82) is 0 Å². The molecule has 0 saturated carbocycles. The van der Waals surface area contributed by atoms with Crippen LogP contribution in [0, 0.1) is 17.3 Å². The maximum Gasteiger partial charge on any atom is 0.228 e. The zero-order valence-corrected chi connectivity index (χ0v) is 23.7. The van der Waals surface area contributed by atoms with Crippen LogP contribution < -0.4 is 5.32 Å². The van der Waals surface area contributed by atoms with Gasteiger partial charge in [0.25, 0.3) is 0 Å². The van der Waals surface area contributed by atoms with E-state index in [4.69, 9.17) is 0 Å². The van der Waals surface area contributed by atoms with Gasteiger partial charge < -0.3 is 5.32 Å². The second kappa shape index (κ2) is 13.4. The number of fused-ring (bicyclic) bond motifs is 1. The Morgan fingerprint density at radius 3 is 2.53 bits per heavy atom. The monoisotopic (exact) mass is 481 g/mol. The Kier molecular flexibility index (Phi) is 11.3. The van der Waals surface area contributed by atoms with E-state index in [1.54, 1.807) is 0 Å². The fraction of sp³-hybridized carbons (Fsp3) is 0.613. The second-order valence-corrected chi connectivity index (χ2v) is 12.6. The van der Waals surface area contributed by atoms with Crippen LogP contribution in [-0.4, -0.2) is 23.9 Å². The summed E-state index contributed by atoms with van der Waals surface area (Å²) in [6.07, 6.45) is 12.7. The van der Waals surface area contributed by atoms with E-state index in [0.29, 0.717) is 5.92 Å². The summed E-state index contributed by atoms with van der Waals surface area (Å²) in [5, 5.41) is 4.95. The van der Waals surface area contributed by atoms with Crippen molar-refractivity contribution in [3.05, 3.63) is 59.2 Å². The summed E-state index contributed by atoms with van der Waals surface area (Å²) in [6.45, 7) is 19.9. The van der Waals surface area contributed by atoms with E-state index in [1.807, 2.05) is 6.08 Å². The number of nitrogens with one attached hydrogen (secondary N) is 1. The molecule has 2 rings (SSSR count). The molecule has 2 unspecified atom stereocenters. The van der Waals surface area contributed by atoms with Crippen LogP contribution in [0.15, 0.2) is 42.5 Å². The van der Waals surface area contributed by atoms with Crippen molar-refractivity contribution in [3.8, 4) is 0 Å². The lowest BCUT2D eigenvalue weighted by Gasteiger charge is -2.30. The Morgan fingerprint density at radius 2 is 1.91 bits per heavy atom. The summed E-state index contributed by atoms with van der Waals surface area (Å²) in [4.78, 5) is 13.7. The van der Waals surface area contributed by atoms with Crippen molar-refractivity contribution in [1.82, 2.24) is 5.32 Å². The highest BCUT2D eigenvalue weighted by Gasteiger charge is 2.28. The lowest BCUT2D eigenvalue weighted by molar-refractivity contribution is -0.124. The number of hydrogen-bond donors (Lipinski definition) is 1. The molecule has 0 fully saturated rings. The first-order chi connectivity index (χ1) is 16.1. The normalized spacial score (nSPS) is 16.4. The zero-order chi connectivity index (χ0) is 25.3. The van der Waals surface area contributed by atoms with Gasteiger partial charge in [0.2, 0.25) is 5.91 Å². The molecule has 188 valence electrons. The van der Waals surface area contributed by atoms with Gasteiger partial charge in [-0.25, -0.2) is 0 Å². The van der Waals surface area contributed by atoms with E-state index >= 15 is 0 Å². The van der Waals surface area contributed by atoms with Gasteiger partial charge in [-0.2, -0.15) is 0 Å². The molecule has 1 amide bonds. The number of rotatable bonds is 11. The third kappa shape index (κ3) is 8.84. The summed E-state index contributed by atoms with van der Waals surface area (Å²) >= 11 is 0. The number of allylic oxidation sites excluding steroid dienone is 2. The topological polar surface area (TPSA) is 29.1 Å². The van der Waals surface area contributed by atoms with E-state index in [9.17, 15) is 4.79 Å². The number of aryl methyl sites for hydroxylation is 1. The number of carbonyl (C=O) groups is 1. The van der Waals surface area contributed by atoms with Crippen LogP contribution in [0.1, 0.15) is 90.3 Å². The predicted octanol–water partition coefficient (Wildman–Crippen LogP) is 7.96. The van der Waals surface area contributed by atoms with Crippen LogP contribution in [0.25, 0.3) is 0 Å². The molecule has 1 aromatic rings. The van der Waals surface area contributed by atoms with Gasteiger partial charge in [-0.1, -0.05) is 78.5 Å². The number of amides is 1. The van der Waals surface area contributed by atoms with Gasteiger partial charge in [-0.15, -0.1) is 8.20 Å². The standard InChI is InChI=1S/C31H48NOP/c1-9-10-14-23(4)27(19-22(2)3)30(33)32-28(29(34-8)21-31(5,6)7)20-25-17-13-16-24-15-11-12-18-26(24)25/h10,13-14,16-17,22,27-28H,4,9,11-12,15,18-21H2,1-3,5-8H3,(H,32,33)/b14-10+. The Hall–Kier alpha value is -1.66. The smallest absolute Gasteiger partial charge is 0.228 e. The minimum Gasteiger partial charge on any atom is -0.348 e. The average Bonchev–Trinajstić information content (AvgIpc) is 2.78. The van der Waals surface area contributed by atoms with Crippen molar-refractivity contribution >= 4 is 19.4 Å². The van der Waals surface area contributed by atoms with E-state index < -0.39 is 0 Å². The predicted molar refractivity (Wildman–Crippen MR) is 152 cm³/mol. The Labute approximate surface area is 211 Å². The molecule has 0 bridgehead atoms. The lowest BCUT2D eigenvalue weighted by Crippen LogP contribution is -2.46. The number of carbonyl (C=O) groups excluding carboxylic acids is 1. The van der Waals surface area contributed by atoms with Crippen molar-refractivity contribution in [2.24, 2.45) is 17.3 Å². The van der Waals surface area contributed by atoms with Gasteiger partial charge in [0.15, 0.2) is 0 Å². The van der Waals surface area contributed by atoms with Crippen molar-refractivity contribution in [2.45, 2.75) is 99.0 Å². The van der Waals surface area contributed by atoms with Gasteiger partial charge in [0.1, 0.15) is 0 Å². The van der Waals surface area contributed by atoms with Crippen LogP contribution in [0.4, 0.5) is 0 Å². The molecule has 0 aromatic heterocycles. The van der Waals surface area contributed by atoms with Crippen molar-refractivity contribution < 1.29 is 4.79 Å². The maximum atomic E-state index is 13.7. The summed E-state index contributed by atoms with van der Waals surface area (Å²) in [6, 6.07) is 6.85. The Bertz CT molecular complexity index is 887. The van der Waals surface area contributed by atoms with Crippen molar-refractivity contribution in [3.63, 3.8) is 0 Å². The summed E-state index contributed by atoms with van der Waals surface area (Å²) < 4.78 is 0. The molecule has 1 aromatic carbocycles. The first-order valence-corrected chi connectivity index (χ1v) is 14.6. The molecule has 0 heterocycles. The Morgan fingerprint density at radius 1 is 1.21 bits per heavy atom. The molecule has 0 radical (unpaired) electrons. The molecular formula is C31H48NOP. The minimum atomic E-state index is -0.181. The van der Waals surface area contributed by atoms with E-state index in [-0.39, 0.29) is 23.3 Å². The van der Waals surface area contributed by atoms with Gasteiger partial charge in [0.05, 0.1) is 12.0 Å². The number of benzene rings is 1. The van der Waals surface area contributed by atoms with Crippen LogP contribution in [0.2, 0.25) is 0 Å². The molecule has 1 aliphatic carbocycles. The molecule has 2 atom stereocenters. The highest BCUT2D eigenvalue weighted by molar-refractivity contribution is 7.39. The van der Waals surface area contributed by atoms with Crippen molar-refractivity contribution in [2.75, 3.05) is 6.66 Å². The Balaban J connectivity index is 2.38. The molecule has 3 heteroatoms. The lowest BCUT2D eigenvalue weighted by atomic mass is 9.83. The van der Waals surface area contributed by atoms with E-state index in [2.05, 4.69) is 84.4 Å². The van der Waals surface area contributed by atoms with E-state index in [1.165, 1.54) is 55.9 Å². The van der Waals surface area contributed by atoms with Gasteiger partial charge in [-0.3, -0.25) is 4.79 Å². The highest BCUT2D eigenvalue weighted by atomic mass is 31.1. The molecular weight excluding hydrogens is 433 g/mol. The molecule has 1 aliphatic rings.